The van der Waals surface area contributed by atoms with E-state index in [1.54, 1.807) is 0 Å². The third kappa shape index (κ3) is 4.73. The highest BCUT2D eigenvalue weighted by Crippen LogP contribution is 2.50. The van der Waals surface area contributed by atoms with Crippen molar-refractivity contribution in [3.63, 3.8) is 0 Å². The predicted octanol–water partition coefficient (Wildman–Crippen LogP) is 5.70. The Kier molecular flexibility index (Phi) is 6.46. The molecule has 1 atom stereocenters. The number of hydrogen-bond donors (Lipinski definition) is 1. The van der Waals surface area contributed by atoms with Crippen molar-refractivity contribution >= 4 is 34.8 Å². The van der Waals surface area contributed by atoms with Gasteiger partial charge in [-0.15, -0.1) is 0 Å². The first-order valence-electron chi connectivity index (χ1n) is 10.2. The highest BCUT2D eigenvalue weighted by molar-refractivity contribution is 6.35. The number of likely N-dealkylation sites (tertiary alicyclic amines) is 1. The van der Waals surface area contributed by atoms with Crippen LogP contribution in [0.4, 0.5) is 30.7 Å². The Morgan fingerprint density at radius 2 is 1.58 bits per heavy atom. The van der Waals surface area contributed by atoms with E-state index >= 15 is 0 Å². The number of benzene rings is 2. The molecule has 2 heterocycles. The van der Waals surface area contributed by atoms with Gasteiger partial charge in [-0.2, -0.15) is 26.3 Å². The molecule has 0 radical (unpaired) electrons. The summed E-state index contributed by atoms with van der Waals surface area (Å²) in [7, 11) is 0. The fourth-order valence-electron chi connectivity index (χ4n) is 4.05. The van der Waals surface area contributed by atoms with E-state index < -0.39 is 63.7 Å². The van der Waals surface area contributed by atoms with Gasteiger partial charge in [0.05, 0.1) is 28.8 Å². The average Bonchev–Trinajstić information content (AvgIpc) is 3.21. The van der Waals surface area contributed by atoms with E-state index in [1.807, 2.05) is 0 Å². The zero-order valence-corrected chi connectivity index (χ0v) is 19.4. The van der Waals surface area contributed by atoms with Gasteiger partial charge < -0.3 is 14.8 Å². The summed E-state index contributed by atoms with van der Waals surface area (Å²) in [5, 5.41) is 13.0. The number of rotatable bonds is 4. The third-order valence-electron chi connectivity index (χ3n) is 6.00. The highest BCUT2D eigenvalue weighted by atomic mass is 35.5. The SMILES string of the molecule is O=C(CC(F)(F)F)N1CC(O)(c2ccc(C3=NOC(c4cc(Cl)c(F)c(Cl)c4)(C(F)(F)F)C3)cc2)C1. The number of aliphatic hydroxyl groups is 1. The second-order valence-corrected chi connectivity index (χ2v) is 9.35. The van der Waals surface area contributed by atoms with Gasteiger partial charge in [0.25, 0.3) is 5.60 Å². The lowest BCUT2D eigenvalue weighted by Gasteiger charge is -2.46. The van der Waals surface area contributed by atoms with E-state index in [4.69, 9.17) is 28.0 Å². The van der Waals surface area contributed by atoms with Crippen LogP contribution in [0.5, 0.6) is 0 Å². The first kappa shape index (κ1) is 26.5. The van der Waals surface area contributed by atoms with Crippen molar-refractivity contribution in [2.45, 2.75) is 36.4 Å². The van der Waals surface area contributed by atoms with Crippen LogP contribution >= 0.6 is 23.2 Å². The second-order valence-electron chi connectivity index (χ2n) is 8.54. The number of carbonyl (C=O) groups excluding carboxylic acids is 1. The summed E-state index contributed by atoms with van der Waals surface area (Å²) < 4.78 is 93.3. The van der Waals surface area contributed by atoms with Crippen molar-refractivity contribution in [1.82, 2.24) is 4.90 Å². The molecule has 1 saturated heterocycles. The fourth-order valence-corrected chi connectivity index (χ4v) is 4.53. The summed E-state index contributed by atoms with van der Waals surface area (Å²) in [6.45, 7) is -0.733. The van der Waals surface area contributed by atoms with E-state index in [2.05, 4.69) is 5.16 Å². The molecule has 194 valence electrons. The molecule has 0 saturated carbocycles. The molecule has 2 aliphatic rings. The molecule has 2 aromatic rings. The van der Waals surface area contributed by atoms with Gasteiger partial charge in [-0.3, -0.25) is 4.79 Å². The zero-order chi connectivity index (χ0) is 26.7. The van der Waals surface area contributed by atoms with Gasteiger partial charge in [-0.1, -0.05) is 52.6 Å². The Hall–Kier alpha value is -2.57. The molecule has 1 amide bonds. The maximum Gasteiger partial charge on any atom is 0.435 e. The Morgan fingerprint density at radius 1 is 1.03 bits per heavy atom. The molecule has 36 heavy (non-hydrogen) atoms. The van der Waals surface area contributed by atoms with Crippen LogP contribution < -0.4 is 0 Å². The number of amides is 1. The largest absolute Gasteiger partial charge is 0.435 e. The van der Waals surface area contributed by atoms with Crippen LogP contribution in [0.15, 0.2) is 41.6 Å². The molecule has 0 aromatic heterocycles. The standard InChI is InChI=1S/C22H15Cl2F7N2O3/c23-14-5-13(6-15(24)18(14)25)20(22(29,30)31)7-16(32-36-20)11-1-3-12(4-2-11)19(35)9-33(10-19)17(34)8-21(26,27)28/h1-6,35H,7-10H2. The molecule has 14 heteroatoms. The second kappa shape index (κ2) is 8.77. The van der Waals surface area contributed by atoms with Crippen LogP contribution in [0.2, 0.25) is 10.0 Å². The molecule has 0 spiro atoms. The van der Waals surface area contributed by atoms with Gasteiger partial charge >= 0.3 is 12.4 Å². The molecule has 0 bridgehead atoms. The molecule has 2 aromatic carbocycles. The minimum atomic E-state index is -4.99. The number of carbonyl (C=O) groups is 1. The number of halogens is 9. The molecule has 5 nitrogen and oxygen atoms in total. The molecule has 1 unspecified atom stereocenters. The smallest absolute Gasteiger partial charge is 0.381 e. The van der Waals surface area contributed by atoms with Gasteiger partial charge in [0.2, 0.25) is 5.91 Å². The molecule has 4 rings (SSSR count). The topological polar surface area (TPSA) is 62.1 Å². The summed E-state index contributed by atoms with van der Waals surface area (Å²) in [6.07, 6.45) is -12.1. The van der Waals surface area contributed by atoms with Crippen LogP contribution in [0.3, 0.4) is 0 Å². The van der Waals surface area contributed by atoms with Crippen molar-refractivity contribution < 1.29 is 45.5 Å². The number of alkyl halides is 6. The minimum Gasteiger partial charge on any atom is -0.381 e. The summed E-state index contributed by atoms with van der Waals surface area (Å²) in [4.78, 5) is 17.4. The van der Waals surface area contributed by atoms with Crippen LogP contribution in [0, 0.1) is 5.82 Å². The van der Waals surface area contributed by atoms with Gasteiger partial charge in [-0.05, 0) is 23.3 Å². The van der Waals surface area contributed by atoms with Crippen molar-refractivity contribution in [3.8, 4) is 0 Å². The Balaban J connectivity index is 1.52. The summed E-state index contributed by atoms with van der Waals surface area (Å²) >= 11 is 11.4. The molecular weight excluding hydrogens is 544 g/mol. The predicted molar refractivity (Wildman–Crippen MR) is 114 cm³/mol. The number of β-amino-alcohol motifs (C(OH)–C–C–N with tert-alkyl or cyclic N) is 1. The molecule has 2 aliphatic heterocycles. The maximum atomic E-state index is 14.1. The van der Waals surface area contributed by atoms with Crippen LogP contribution in [-0.2, 0) is 20.8 Å². The van der Waals surface area contributed by atoms with Crippen LogP contribution in [0.1, 0.15) is 29.5 Å². The van der Waals surface area contributed by atoms with Crippen molar-refractivity contribution in [3.05, 3.63) is 69.0 Å². The van der Waals surface area contributed by atoms with E-state index in [1.165, 1.54) is 24.3 Å². The van der Waals surface area contributed by atoms with Gasteiger partial charge in [0.15, 0.2) is 5.82 Å². The third-order valence-corrected chi connectivity index (χ3v) is 6.55. The van der Waals surface area contributed by atoms with Crippen molar-refractivity contribution in [2.24, 2.45) is 5.16 Å². The molecule has 1 N–H and O–H groups in total. The quantitative estimate of drug-likeness (QED) is 0.387. The Labute approximate surface area is 209 Å². The monoisotopic (exact) mass is 558 g/mol. The Morgan fingerprint density at radius 3 is 2.08 bits per heavy atom. The van der Waals surface area contributed by atoms with E-state index in [9.17, 15) is 40.6 Å². The lowest BCUT2D eigenvalue weighted by molar-refractivity contribution is -0.275. The number of hydrogen-bond acceptors (Lipinski definition) is 4. The summed E-state index contributed by atoms with van der Waals surface area (Å²) in [5.74, 6) is -2.26. The van der Waals surface area contributed by atoms with E-state index in [0.29, 0.717) is 0 Å². The zero-order valence-electron chi connectivity index (χ0n) is 17.9. The number of nitrogens with zero attached hydrogens (tertiary/aromatic N) is 2. The van der Waals surface area contributed by atoms with E-state index in [0.717, 1.165) is 17.0 Å². The lowest BCUT2D eigenvalue weighted by atomic mass is 9.84. The molecular formula is C22H15Cl2F7N2O3. The lowest BCUT2D eigenvalue weighted by Crippen LogP contribution is -2.61. The van der Waals surface area contributed by atoms with Gasteiger partial charge in [0.1, 0.15) is 12.0 Å². The molecule has 1 fully saturated rings. The first-order chi connectivity index (χ1) is 16.5. The van der Waals surface area contributed by atoms with Crippen molar-refractivity contribution in [2.75, 3.05) is 13.1 Å². The first-order valence-corrected chi connectivity index (χ1v) is 10.9. The van der Waals surface area contributed by atoms with Crippen molar-refractivity contribution in [1.29, 1.82) is 0 Å². The van der Waals surface area contributed by atoms with Gasteiger partial charge in [-0.25, -0.2) is 4.39 Å². The number of oxime groups is 1. The minimum absolute atomic E-state index is 0.113. The average molecular weight is 559 g/mol. The maximum absolute atomic E-state index is 14.1. The fraction of sp³-hybridized carbons (Fsp3) is 0.364. The normalized spacial score (nSPS) is 21.6. The Bertz CT molecular complexity index is 1200. The molecule has 0 aliphatic carbocycles. The van der Waals surface area contributed by atoms with Crippen LogP contribution in [-0.4, -0.2) is 47.1 Å². The summed E-state index contributed by atoms with van der Waals surface area (Å²) in [5.41, 5.74) is -4.79. The van der Waals surface area contributed by atoms with E-state index in [-0.39, 0.29) is 29.9 Å². The van der Waals surface area contributed by atoms with Gasteiger partial charge in [0, 0.05) is 12.0 Å². The summed E-state index contributed by atoms with van der Waals surface area (Å²) in [6, 6.07) is 6.95. The highest BCUT2D eigenvalue weighted by Gasteiger charge is 2.62. The van der Waals surface area contributed by atoms with Crippen LogP contribution in [0.25, 0.3) is 0 Å².